The number of benzene rings is 1. The number of H-pyrrole nitrogens is 1. The van der Waals surface area contributed by atoms with Crippen molar-refractivity contribution < 1.29 is 4.74 Å². The van der Waals surface area contributed by atoms with Crippen LogP contribution in [0.2, 0.25) is 5.02 Å². The first-order chi connectivity index (χ1) is 8.72. The molecule has 0 aliphatic heterocycles. The lowest BCUT2D eigenvalue weighted by molar-refractivity contribution is 0.0758. The minimum absolute atomic E-state index is 0.229. The van der Waals surface area contributed by atoms with Gasteiger partial charge in [0.25, 0.3) is 0 Å². The number of methoxy groups -OCH3 is 1. The van der Waals surface area contributed by atoms with Crippen LogP contribution in [0.15, 0.2) is 18.2 Å². The zero-order chi connectivity index (χ0) is 12.7. The fourth-order valence-electron chi connectivity index (χ4n) is 2.93. The number of rotatable bonds is 2. The van der Waals surface area contributed by atoms with E-state index in [1.807, 2.05) is 18.2 Å². The van der Waals surface area contributed by atoms with Crippen LogP contribution < -0.4 is 0 Å². The van der Waals surface area contributed by atoms with Gasteiger partial charge in [-0.2, -0.15) is 0 Å². The van der Waals surface area contributed by atoms with Crippen molar-refractivity contribution in [3.8, 4) is 0 Å². The highest BCUT2D eigenvalue weighted by Gasteiger charge is 2.30. The first kappa shape index (κ1) is 12.2. The van der Waals surface area contributed by atoms with Gasteiger partial charge in [0.15, 0.2) is 4.77 Å². The number of aromatic nitrogens is 2. The molecule has 0 amide bonds. The minimum Gasteiger partial charge on any atom is -0.379 e. The molecular weight excluding hydrogens is 268 g/mol. The number of hydrogen-bond acceptors (Lipinski definition) is 2. The zero-order valence-electron chi connectivity index (χ0n) is 10.1. The smallest absolute Gasteiger partial charge is 0.178 e. The van der Waals surface area contributed by atoms with Crippen LogP contribution in [-0.2, 0) is 4.74 Å². The van der Waals surface area contributed by atoms with E-state index >= 15 is 0 Å². The summed E-state index contributed by atoms with van der Waals surface area (Å²) in [6.45, 7) is 0. The first-order valence-corrected chi connectivity index (χ1v) is 6.92. The average molecular weight is 283 g/mol. The number of nitrogens with one attached hydrogen (secondary N) is 1. The third-order valence-electron chi connectivity index (χ3n) is 3.74. The van der Waals surface area contributed by atoms with Crippen molar-refractivity contribution in [3.63, 3.8) is 0 Å². The van der Waals surface area contributed by atoms with Crippen LogP contribution in [0.1, 0.15) is 25.3 Å². The summed E-state index contributed by atoms with van der Waals surface area (Å²) in [5.74, 6) is 0. The van der Waals surface area contributed by atoms with E-state index in [1.165, 1.54) is 6.42 Å². The van der Waals surface area contributed by atoms with Gasteiger partial charge in [0.2, 0.25) is 0 Å². The highest BCUT2D eigenvalue weighted by Crippen LogP contribution is 2.36. The molecular formula is C13H15ClN2OS. The summed E-state index contributed by atoms with van der Waals surface area (Å²) in [7, 11) is 1.77. The van der Waals surface area contributed by atoms with Gasteiger partial charge in [0.1, 0.15) is 0 Å². The molecule has 1 aliphatic rings. The van der Waals surface area contributed by atoms with Crippen LogP contribution in [0, 0.1) is 4.77 Å². The molecule has 2 atom stereocenters. The lowest BCUT2D eigenvalue weighted by atomic mass is 10.2. The van der Waals surface area contributed by atoms with Gasteiger partial charge in [-0.3, -0.25) is 0 Å². The van der Waals surface area contributed by atoms with Gasteiger partial charge >= 0.3 is 0 Å². The molecule has 0 spiro atoms. The Bertz CT molecular complexity index is 633. The molecule has 0 radical (unpaired) electrons. The van der Waals surface area contributed by atoms with Gasteiger partial charge in [0, 0.05) is 7.11 Å². The summed E-state index contributed by atoms with van der Waals surface area (Å²) in [4.78, 5) is 3.23. The predicted octanol–water partition coefficient (Wildman–Crippen LogP) is 4.09. The molecule has 1 aliphatic carbocycles. The number of fused-ring (bicyclic) bond motifs is 1. The molecule has 0 bridgehead atoms. The molecule has 1 saturated carbocycles. The lowest BCUT2D eigenvalue weighted by Gasteiger charge is -2.20. The zero-order valence-corrected chi connectivity index (χ0v) is 11.7. The van der Waals surface area contributed by atoms with E-state index in [0.717, 1.165) is 33.7 Å². The molecule has 1 aromatic heterocycles. The molecule has 5 heteroatoms. The van der Waals surface area contributed by atoms with E-state index in [9.17, 15) is 0 Å². The molecule has 1 N–H and O–H groups in total. The van der Waals surface area contributed by atoms with Crippen molar-refractivity contribution >= 4 is 34.9 Å². The molecule has 1 heterocycles. The fraction of sp³-hybridized carbons (Fsp3) is 0.462. The van der Waals surface area contributed by atoms with Gasteiger partial charge in [-0.05, 0) is 43.6 Å². The molecule has 1 aromatic carbocycles. The molecule has 2 aromatic rings. The van der Waals surface area contributed by atoms with Crippen LogP contribution in [0.4, 0.5) is 0 Å². The van der Waals surface area contributed by atoms with Crippen LogP contribution in [-0.4, -0.2) is 22.8 Å². The Morgan fingerprint density at radius 2 is 2.28 bits per heavy atom. The van der Waals surface area contributed by atoms with E-state index in [4.69, 9.17) is 28.6 Å². The second-order valence-electron chi connectivity index (χ2n) is 4.71. The van der Waals surface area contributed by atoms with Crippen molar-refractivity contribution in [2.75, 3.05) is 7.11 Å². The number of para-hydroxylation sites is 1. The van der Waals surface area contributed by atoms with E-state index in [1.54, 1.807) is 7.11 Å². The van der Waals surface area contributed by atoms with Crippen LogP contribution in [0.3, 0.4) is 0 Å². The Hall–Kier alpha value is -0.840. The van der Waals surface area contributed by atoms with Gasteiger partial charge in [-0.1, -0.05) is 17.7 Å². The fourth-order valence-corrected chi connectivity index (χ4v) is 3.53. The Kier molecular flexibility index (Phi) is 3.18. The number of halogens is 1. The van der Waals surface area contributed by atoms with Crippen molar-refractivity contribution in [3.05, 3.63) is 28.0 Å². The van der Waals surface area contributed by atoms with Crippen molar-refractivity contribution in [1.82, 2.24) is 9.55 Å². The molecule has 96 valence electrons. The van der Waals surface area contributed by atoms with E-state index in [0.29, 0.717) is 0 Å². The third kappa shape index (κ3) is 1.79. The van der Waals surface area contributed by atoms with E-state index in [2.05, 4.69) is 9.55 Å². The maximum absolute atomic E-state index is 6.32. The predicted molar refractivity (Wildman–Crippen MR) is 75.8 cm³/mol. The third-order valence-corrected chi connectivity index (χ3v) is 4.34. The monoisotopic (exact) mass is 282 g/mol. The first-order valence-electron chi connectivity index (χ1n) is 6.14. The number of nitrogens with zero attached hydrogens (tertiary/aromatic N) is 1. The Morgan fingerprint density at radius 3 is 3.06 bits per heavy atom. The largest absolute Gasteiger partial charge is 0.379 e. The number of ether oxygens (including phenoxy) is 1. The molecule has 3 rings (SSSR count). The summed E-state index contributed by atoms with van der Waals surface area (Å²) in [6.07, 6.45) is 3.57. The summed E-state index contributed by atoms with van der Waals surface area (Å²) in [5.41, 5.74) is 1.99. The standard InChI is InChI=1S/C13H15ClN2OS/c1-17-11-7-3-6-10(11)16-12-8(14)4-2-5-9(12)15-13(16)18/h2,4-5,10-11H,3,6-7H2,1H3,(H,15,18). The molecule has 1 fully saturated rings. The van der Waals surface area contributed by atoms with Crippen LogP contribution in [0.25, 0.3) is 11.0 Å². The lowest BCUT2D eigenvalue weighted by Crippen LogP contribution is -2.20. The number of aromatic amines is 1. The summed E-state index contributed by atoms with van der Waals surface area (Å²) in [5, 5.41) is 0.738. The SMILES string of the molecule is COC1CCCC1n1c(=S)[nH]c2cccc(Cl)c21. The topological polar surface area (TPSA) is 29.9 Å². The highest BCUT2D eigenvalue weighted by molar-refractivity contribution is 7.71. The highest BCUT2D eigenvalue weighted by atomic mass is 35.5. The Balaban J connectivity index is 2.22. The summed E-state index contributed by atoms with van der Waals surface area (Å²) >= 11 is 11.8. The second-order valence-corrected chi connectivity index (χ2v) is 5.50. The van der Waals surface area contributed by atoms with Gasteiger partial charge in [-0.15, -0.1) is 0 Å². The molecule has 2 unspecified atom stereocenters. The number of hydrogen-bond donors (Lipinski definition) is 1. The Morgan fingerprint density at radius 1 is 1.44 bits per heavy atom. The maximum Gasteiger partial charge on any atom is 0.178 e. The van der Waals surface area contributed by atoms with Crippen molar-refractivity contribution in [2.24, 2.45) is 0 Å². The quantitative estimate of drug-likeness (QED) is 0.841. The van der Waals surface area contributed by atoms with Crippen LogP contribution in [0.5, 0.6) is 0 Å². The van der Waals surface area contributed by atoms with Gasteiger partial charge in [0.05, 0.1) is 28.2 Å². The molecule has 18 heavy (non-hydrogen) atoms. The maximum atomic E-state index is 6.32. The van der Waals surface area contributed by atoms with Crippen molar-refractivity contribution in [2.45, 2.75) is 31.4 Å². The van der Waals surface area contributed by atoms with Gasteiger partial charge < -0.3 is 14.3 Å². The normalized spacial score (nSPS) is 23.9. The van der Waals surface area contributed by atoms with E-state index in [-0.39, 0.29) is 12.1 Å². The summed E-state index contributed by atoms with van der Waals surface area (Å²) < 4.78 is 8.43. The number of imidazole rings is 1. The summed E-state index contributed by atoms with van der Waals surface area (Å²) in [6, 6.07) is 6.13. The molecule has 3 nitrogen and oxygen atoms in total. The minimum atomic E-state index is 0.229. The van der Waals surface area contributed by atoms with Crippen molar-refractivity contribution in [1.29, 1.82) is 0 Å². The molecule has 0 saturated heterocycles. The Labute approximate surface area is 116 Å². The van der Waals surface area contributed by atoms with Crippen LogP contribution >= 0.6 is 23.8 Å². The average Bonchev–Trinajstić information content (AvgIpc) is 2.92. The second kappa shape index (κ2) is 4.68. The van der Waals surface area contributed by atoms with E-state index < -0.39 is 0 Å². The van der Waals surface area contributed by atoms with Gasteiger partial charge in [-0.25, -0.2) is 0 Å².